The van der Waals surface area contributed by atoms with Crippen LogP contribution in [0.5, 0.6) is 11.5 Å². The summed E-state index contributed by atoms with van der Waals surface area (Å²) in [5.41, 5.74) is 5.03. The third kappa shape index (κ3) is 7.04. The van der Waals surface area contributed by atoms with Gasteiger partial charge in [-0.25, -0.2) is 0 Å². The van der Waals surface area contributed by atoms with Gasteiger partial charge in [0.2, 0.25) is 0 Å². The van der Waals surface area contributed by atoms with Gasteiger partial charge in [0, 0.05) is 22.1 Å². The van der Waals surface area contributed by atoms with E-state index in [4.69, 9.17) is 9.47 Å². The first kappa shape index (κ1) is 29.2. The van der Waals surface area contributed by atoms with Crippen molar-refractivity contribution in [1.82, 2.24) is 20.6 Å². The first-order valence-electron chi connectivity index (χ1n) is 14.4. The average molecular weight is 611 g/mol. The number of hydrogen-bond acceptors (Lipinski definition) is 8. The SMILES string of the molecule is CC#C[C@@H](Cc1nn[nH]n1)c1ccc(OCc2ccc3scc(-c4ccc(OCC5(O)CCSCC5)cc4C)c3c2)cc1. The normalized spacial score (nSPS) is 15.0. The molecule has 0 unspecified atom stereocenters. The Hall–Kier alpha value is -3.84. The number of fused-ring (bicyclic) bond motifs is 1. The molecular weight excluding hydrogens is 577 g/mol. The van der Waals surface area contributed by atoms with E-state index < -0.39 is 5.60 Å². The molecule has 0 radical (unpaired) electrons. The predicted octanol–water partition coefficient (Wildman–Crippen LogP) is 6.96. The van der Waals surface area contributed by atoms with Gasteiger partial charge >= 0.3 is 0 Å². The van der Waals surface area contributed by atoms with E-state index in [0.29, 0.717) is 25.5 Å². The van der Waals surface area contributed by atoms with Crippen LogP contribution in [0.2, 0.25) is 0 Å². The molecule has 1 aliphatic heterocycles. The maximum atomic E-state index is 10.8. The Morgan fingerprint density at radius 3 is 2.56 bits per heavy atom. The number of nitrogens with one attached hydrogen (secondary N) is 1. The predicted molar refractivity (Wildman–Crippen MR) is 174 cm³/mol. The highest BCUT2D eigenvalue weighted by Crippen LogP contribution is 2.38. The molecule has 220 valence electrons. The van der Waals surface area contributed by atoms with E-state index in [-0.39, 0.29) is 5.92 Å². The number of benzene rings is 3. The lowest BCUT2D eigenvalue weighted by Gasteiger charge is -2.31. The third-order valence-corrected chi connectivity index (χ3v) is 9.79. The number of thioether (sulfide) groups is 1. The monoisotopic (exact) mass is 610 g/mol. The molecule has 3 heterocycles. The molecule has 0 aliphatic carbocycles. The lowest BCUT2D eigenvalue weighted by molar-refractivity contribution is -0.0115. The van der Waals surface area contributed by atoms with Gasteiger partial charge in [0.05, 0.1) is 5.92 Å². The molecule has 0 saturated carbocycles. The molecule has 9 heteroatoms. The summed E-state index contributed by atoms with van der Waals surface area (Å²) in [4.78, 5) is 0. The molecule has 3 aromatic carbocycles. The second-order valence-corrected chi connectivity index (χ2v) is 13.1. The molecule has 2 aromatic heterocycles. The van der Waals surface area contributed by atoms with Crippen molar-refractivity contribution < 1.29 is 14.6 Å². The van der Waals surface area contributed by atoms with Crippen LogP contribution in [0.15, 0.2) is 66.0 Å². The molecule has 1 aliphatic rings. The van der Waals surface area contributed by atoms with E-state index >= 15 is 0 Å². The minimum atomic E-state index is -0.718. The van der Waals surface area contributed by atoms with Gasteiger partial charge in [0.15, 0.2) is 5.82 Å². The van der Waals surface area contributed by atoms with Crippen molar-refractivity contribution in [1.29, 1.82) is 0 Å². The molecule has 0 spiro atoms. The van der Waals surface area contributed by atoms with E-state index in [0.717, 1.165) is 52.5 Å². The maximum absolute atomic E-state index is 10.8. The molecule has 1 fully saturated rings. The smallest absolute Gasteiger partial charge is 0.176 e. The number of aromatic nitrogens is 4. The van der Waals surface area contributed by atoms with Crippen LogP contribution in [0.1, 0.15) is 48.2 Å². The highest BCUT2D eigenvalue weighted by molar-refractivity contribution is 7.99. The average Bonchev–Trinajstić information content (AvgIpc) is 3.70. The number of tetrazole rings is 1. The van der Waals surface area contributed by atoms with Crippen molar-refractivity contribution in [2.75, 3.05) is 18.1 Å². The third-order valence-electron chi connectivity index (χ3n) is 7.84. The van der Waals surface area contributed by atoms with Crippen LogP contribution in [0.25, 0.3) is 21.2 Å². The van der Waals surface area contributed by atoms with Crippen molar-refractivity contribution in [2.45, 2.75) is 51.2 Å². The number of H-pyrrole nitrogens is 1. The topological polar surface area (TPSA) is 93.2 Å². The van der Waals surface area contributed by atoms with Crippen LogP contribution < -0.4 is 9.47 Å². The maximum Gasteiger partial charge on any atom is 0.176 e. The van der Waals surface area contributed by atoms with Crippen molar-refractivity contribution >= 4 is 33.2 Å². The number of ether oxygens (including phenoxy) is 2. The number of aryl methyl sites for hydroxylation is 1. The summed E-state index contributed by atoms with van der Waals surface area (Å²) >= 11 is 3.65. The molecule has 43 heavy (non-hydrogen) atoms. The zero-order valence-electron chi connectivity index (χ0n) is 24.3. The summed E-state index contributed by atoms with van der Waals surface area (Å²) in [5.74, 6) is 10.5. The first-order valence-corrected chi connectivity index (χ1v) is 16.4. The van der Waals surface area contributed by atoms with Crippen molar-refractivity contribution in [2.24, 2.45) is 0 Å². The molecular formula is C34H34N4O3S2. The van der Waals surface area contributed by atoms with E-state index in [1.54, 1.807) is 11.3 Å². The van der Waals surface area contributed by atoms with E-state index in [1.165, 1.54) is 21.2 Å². The van der Waals surface area contributed by atoms with Gasteiger partial charge in [-0.05, 0) is 102 Å². The Kier molecular flexibility index (Phi) is 8.98. The Balaban J connectivity index is 1.12. The minimum Gasteiger partial charge on any atom is -0.491 e. The van der Waals surface area contributed by atoms with Gasteiger partial charge in [-0.1, -0.05) is 35.4 Å². The van der Waals surface area contributed by atoms with E-state index in [1.807, 2.05) is 36.9 Å². The van der Waals surface area contributed by atoms with Gasteiger partial charge in [-0.3, -0.25) is 0 Å². The standard InChI is InChI=1S/C34H34N4O3S2/c1-3-4-26(19-33-35-37-38-36-33)25-6-8-27(9-7-25)40-20-24-5-12-32-30(18-24)31(21-43-32)29-11-10-28(17-23(29)2)41-22-34(39)13-15-42-16-14-34/h5-12,17-18,21,26,39H,13-16,19-20,22H2,1-2H3,(H,35,36,37,38)/t26-/m0/s1. The lowest BCUT2D eigenvalue weighted by Crippen LogP contribution is -2.39. The second kappa shape index (κ2) is 13.2. The molecule has 0 bridgehead atoms. The summed E-state index contributed by atoms with van der Waals surface area (Å²) in [7, 11) is 0. The Labute approximate surface area is 260 Å². The minimum absolute atomic E-state index is 0.0115. The van der Waals surface area contributed by atoms with Crippen LogP contribution in [-0.2, 0) is 13.0 Å². The van der Waals surface area contributed by atoms with Gasteiger partial charge < -0.3 is 14.6 Å². The first-order chi connectivity index (χ1) is 21.0. The molecule has 6 rings (SSSR count). The fraction of sp³-hybridized carbons (Fsp3) is 0.324. The Morgan fingerprint density at radius 2 is 1.81 bits per heavy atom. The fourth-order valence-corrected chi connectivity index (χ4v) is 7.55. The molecule has 1 atom stereocenters. The number of aromatic amines is 1. The van der Waals surface area contributed by atoms with Crippen LogP contribution >= 0.6 is 23.1 Å². The lowest BCUT2D eigenvalue weighted by atomic mass is 9.96. The van der Waals surface area contributed by atoms with Gasteiger partial charge in [-0.15, -0.1) is 27.5 Å². The summed E-state index contributed by atoms with van der Waals surface area (Å²) in [6, 6.07) is 20.8. The highest BCUT2D eigenvalue weighted by atomic mass is 32.2. The van der Waals surface area contributed by atoms with Gasteiger partial charge in [-0.2, -0.15) is 17.0 Å². The quantitative estimate of drug-likeness (QED) is 0.165. The van der Waals surface area contributed by atoms with Gasteiger partial charge in [0.25, 0.3) is 0 Å². The summed E-state index contributed by atoms with van der Waals surface area (Å²) in [6.45, 7) is 4.77. The summed E-state index contributed by atoms with van der Waals surface area (Å²) in [6.07, 6.45) is 2.16. The molecule has 1 saturated heterocycles. The van der Waals surface area contributed by atoms with Crippen LogP contribution in [0.3, 0.4) is 0 Å². The van der Waals surface area contributed by atoms with Crippen LogP contribution in [0, 0.1) is 18.8 Å². The molecule has 7 nitrogen and oxygen atoms in total. The van der Waals surface area contributed by atoms with Crippen molar-refractivity contribution in [3.05, 3.63) is 88.6 Å². The zero-order valence-corrected chi connectivity index (χ0v) is 25.9. The number of hydrogen-bond donors (Lipinski definition) is 2. The summed E-state index contributed by atoms with van der Waals surface area (Å²) in [5, 5.41) is 28.5. The zero-order chi connectivity index (χ0) is 29.6. The number of aliphatic hydroxyl groups is 1. The fourth-order valence-electron chi connectivity index (χ4n) is 5.36. The summed E-state index contributed by atoms with van der Waals surface area (Å²) < 4.78 is 13.5. The largest absolute Gasteiger partial charge is 0.491 e. The highest BCUT2D eigenvalue weighted by Gasteiger charge is 2.30. The van der Waals surface area contributed by atoms with Gasteiger partial charge in [0.1, 0.15) is 30.3 Å². The Morgan fingerprint density at radius 1 is 1.00 bits per heavy atom. The molecule has 0 amide bonds. The number of thiophene rings is 1. The van der Waals surface area contributed by atoms with Crippen molar-refractivity contribution in [3.8, 4) is 34.5 Å². The van der Waals surface area contributed by atoms with Crippen LogP contribution in [-0.4, -0.2) is 49.4 Å². The molecule has 2 N–H and O–H groups in total. The number of nitrogens with zero attached hydrogens (tertiary/aromatic N) is 3. The second-order valence-electron chi connectivity index (χ2n) is 10.9. The molecule has 5 aromatic rings. The van der Waals surface area contributed by atoms with Crippen LogP contribution in [0.4, 0.5) is 0 Å². The Bertz CT molecular complexity index is 1730. The van der Waals surface area contributed by atoms with Crippen molar-refractivity contribution in [3.63, 3.8) is 0 Å². The van der Waals surface area contributed by atoms with E-state index in [9.17, 15) is 5.11 Å². The number of rotatable bonds is 10. The van der Waals surface area contributed by atoms with E-state index in [2.05, 4.69) is 87.2 Å².